The van der Waals surface area contributed by atoms with Crippen LogP contribution in [0, 0.1) is 13.8 Å². The first-order valence-electron chi connectivity index (χ1n) is 8.01. The second kappa shape index (κ2) is 7.09. The number of nitrogens with zero attached hydrogens (tertiary/aromatic N) is 1. The molecule has 0 aromatic heterocycles. The number of fused-ring (bicyclic) bond motifs is 1. The first kappa shape index (κ1) is 16.6. The van der Waals surface area contributed by atoms with Gasteiger partial charge in [0.05, 0.1) is 6.54 Å². The molecule has 0 amide bonds. The summed E-state index contributed by atoms with van der Waals surface area (Å²) in [5.41, 5.74) is 3.49. The summed E-state index contributed by atoms with van der Waals surface area (Å²) in [6.45, 7) is 5.37. The van der Waals surface area contributed by atoms with E-state index in [1.165, 1.54) is 11.1 Å². The highest BCUT2D eigenvalue weighted by atomic mass is 32.1. The Kier molecular flexibility index (Phi) is 4.90. The fourth-order valence-electron chi connectivity index (χ4n) is 2.64. The molecule has 5 heteroatoms. The maximum absolute atomic E-state index is 5.99. The van der Waals surface area contributed by atoms with E-state index in [1.807, 2.05) is 48.3 Å². The van der Waals surface area contributed by atoms with Crippen LogP contribution < -0.4 is 14.8 Å². The Morgan fingerprint density at radius 1 is 1.17 bits per heavy atom. The topological polar surface area (TPSA) is 33.7 Å². The highest BCUT2D eigenvalue weighted by molar-refractivity contribution is 7.80. The summed E-state index contributed by atoms with van der Waals surface area (Å²) < 4.78 is 11.7. The minimum Gasteiger partial charge on any atom is -0.486 e. The summed E-state index contributed by atoms with van der Waals surface area (Å²) in [6.07, 6.45) is -0.0525. The highest BCUT2D eigenvalue weighted by Gasteiger charge is 2.22. The Hall–Kier alpha value is -2.27. The zero-order chi connectivity index (χ0) is 17.1. The molecule has 0 radical (unpaired) electrons. The third-order valence-corrected chi connectivity index (χ3v) is 4.65. The van der Waals surface area contributed by atoms with Gasteiger partial charge in [0.2, 0.25) is 0 Å². The summed E-state index contributed by atoms with van der Waals surface area (Å²) in [5.74, 6) is 1.59. The zero-order valence-corrected chi connectivity index (χ0v) is 15.0. The van der Waals surface area contributed by atoms with E-state index in [2.05, 4.69) is 25.2 Å². The minimum atomic E-state index is -0.0525. The van der Waals surface area contributed by atoms with Gasteiger partial charge in [-0.15, -0.1) is 0 Å². The number of hydrogen-bond acceptors (Lipinski definition) is 3. The van der Waals surface area contributed by atoms with Crippen molar-refractivity contribution >= 4 is 23.0 Å². The molecule has 2 aromatic carbocycles. The maximum Gasteiger partial charge on any atom is 0.173 e. The molecule has 0 bridgehead atoms. The van der Waals surface area contributed by atoms with Crippen LogP contribution in [0.5, 0.6) is 11.5 Å². The lowest BCUT2D eigenvalue weighted by Crippen LogP contribution is -2.43. The van der Waals surface area contributed by atoms with Crippen LogP contribution in [0.25, 0.3) is 0 Å². The number of para-hydroxylation sites is 2. The van der Waals surface area contributed by atoms with Gasteiger partial charge in [-0.1, -0.05) is 24.3 Å². The molecule has 1 heterocycles. The number of likely N-dealkylation sites (N-methyl/N-ethyl adjacent to an activating group) is 1. The third-order valence-electron chi connectivity index (χ3n) is 4.24. The van der Waals surface area contributed by atoms with Gasteiger partial charge >= 0.3 is 0 Å². The van der Waals surface area contributed by atoms with Gasteiger partial charge < -0.3 is 19.7 Å². The Morgan fingerprint density at radius 2 is 1.92 bits per heavy atom. The predicted octanol–water partition coefficient (Wildman–Crippen LogP) is 3.77. The van der Waals surface area contributed by atoms with Crippen molar-refractivity contribution in [1.29, 1.82) is 0 Å². The molecule has 1 N–H and O–H groups in total. The number of thiocarbonyl (C=S) groups is 1. The summed E-state index contributed by atoms with van der Waals surface area (Å²) in [7, 11) is 1.96. The molecule has 0 spiro atoms. The van der Waals surface area contributed by atoms with Crippen molar-refractivity contribution in [3.05, 3.63) is 53.6 Å². The summed E-state index contributed by atoms with van der Waals surface area (Å²) in [4.78, 5) is 1.99. The first-order valence-corrected chi connectivity index (χ1v) is 8.42. The standard InChI is InChI=1S/C19H22N2O2S/c1-13-7-6-8-16(14(13)2)20-19(24)21(3)11-15-12-22-17-9-4-5-10-18(17)23-15/h4-10,15H,11-12H2,1-3H3,(H,20,24)/t15-/m0/s1. The van der Waals surface area contributed by atoms with Crippen molar-refractivity contribution in [2.45, 2.75) is 20.0 Å². The van der Waals surface area contributed by atoms with Crippen LogP contribution >= 0.6 is 12.2 Å². The molecule has 0 saturated carbocycles. The lowest BCUT2D eigenvalue weighted by Gasteiger charge is -2.30. The second-order valence-corrected chi connectivity index (χ2v) is 6.44. The number of ether oxygens (including phenoxy) is 2. The molecule has 24 heavy (non-hydrogen) atoms. The number of anilines is 1. The van der Waals surface area contributed by atoms with E-state index in [1.54, 1.807) is 0 Å². The normalized spacial score (nSPS) is 15.7. The summed E-state index contributed by atoms with van der Waals surface area (Å²) in [6, 6.07) is 13.9. The van der Waals surface area contributed by atoms with Crippen molar-refractivity contribution in [2.24, 2.45) is 0 Å². The van der Waals surface area contributed by atoms with E-state index in [0.717, 1.165) is 17.2 Å². The van der Waals surface area contributed by atoms with E-state index >= 15 is 0 Å². The molecular weight excluding hydrogens is 320 g/mol. The van der Waals surface area contributed by atoms with E-state index in [0.29, 0.717) is 18.3 Å². The molecule has 4 nitrogen and oxygen atoms in total. The number of benzene rings is 2. The predicted molar refractivity (Wildman–Crippen MR) is 101 cm³/mol. The molecular formula is C19H22N2O2S. The number of aryl methyl sites for hydroxylation is 1. The van der Waals surface area contributed by atoms with Crippen LogP contribution in [0.2, 0.25) is 0 Å². The van der Waals surface area contributed by atoms with Crippen molar-refractivity contribution in [1.82, 2.24) is 4.90 Å². The summed E-state index contributed by atoms with van der Waals surface area (Å²) in [5, 5.41) is 3.99. The molecule has 0 saturated heterocycles. The lowest BCUT2D eigenvalue weighted by atomic mass is 10.1. The van der Waals surface area contributed by atoms with Gasteiger partial charge in [0.1, 0.15) is 6.61 Å². The second-order valence-electron chi connectivity index (χ2n) is 6.06. The van der Waals surface area contributed by atoms with Gasteiger partial charge in [-0.2, -0.15) is 0 Å². The summed E-state index contributed by atoms with van der Waals surface area (Å²) >= 11 is 5.53. The SMILES string of the molecule is Cc1cccc(NC(=S)N(C)C[C@H]2COc3ccccc3O2)c1C. The molecule has 2 aromatic rings. The lowest BCUT2D eigenvalue weighted by molar-refractivity contribution is 0.0784. The van der Waals surface area contributed by atoms with E-state index in [-0.39, 0.29) is 6.10 Å². The van der Waals surface area contributed by atoms with Gasteiger partial charge in [0, 0.05) is 12.7 Å². The van der Waals surface area contributed by atoms with Crippen LogP contribution in [0.4, 0.5) is 5.69 Å². The van der Waals surface area contributed by atoms with Crippen molar-refractivity contribution in [3.63, 3.8) is 0 Å². The zero-order valence-electron chi connectivity index (χ0n) is 14.2. The molecule has 1 aliphatic heterocycles. The van der Waals surface area contributed by atoms with E-state index < -0.39 is 0 Å². The molecule has 0 fully saturated rings. The molecule has 0 aliphatic carbocycles. The molecule has 1 atom stereocenters. The molecule has 0 unspecified atom stereocenters. The van der Waals surface area contributed by atoms with Gasteiger partial charge in [-0.3, -0.25) is 0 Å². The third kappa shape index (κ3) is 3.62. The van der Waals surface area contributed by atoms with Crippen LogP contribution in [0.15, 0.2) is 42.5 Å². The van der Waals surface area contributed by atoms with E-state index in [9.17, 15) is 0 Å². The van der Waals surface area contributed by atoms with Crippen LogP contribution in [0.1, 0.15) is 11.1 Å². The Labute approximate surface area is 148 Å². The van der Waals surface area contributed by atoms with Crippen LogP contribution in [0.3, 0.4) is 0 Å². The molecule has 126 valence electrons. The fraction of sp³-hybridized carbons (Fsp3) is 0.316. The number of nitrogens with one attached hydrogen (secondary N) is 1. The Bertz CT molecular complexity index is 748. The van der Waals surface area contributed by atoms with Crippen LogP contribution in [-0.4, -0.2) is 36.3 Å². The highest BCUT2D eigenvalue weighted by Crippen LogP contribution is 2.31. The molecule has 1 aliphatic rings. The quantitative estimate of drug-likeness (QED) is 0.859. The largest absolute Gasteiger partial charge is 0.486 e. The Balaban J connectivity index is 1.60. The molecule has 3 rings (SSSR count). The van der Waals surface area contributed by atoms with Gasteiger partial charge in [0.15, 0.2) is 22.7 Å². The van der Waals surface area contributed by atoms with Crippen molar-refractivity contribution in [2.75, 3.05) is 25.5 Å². The first-order chi connectivity index (χ1) is 11.5. The number of hydrogen-bond donors (Lipinski definition) is 1. The van der Waals surface area contributed by atoms with Gasteiger partial charge in [0.25, 0.3) is 0 Å². The average Bonchev–Trinajstić information content (AvgIpc) is 2.58. The fourth-order valence-corrected chi connectivity index (χ4v) is 2.82. The monoisotopic (exact) mass is 342 g/mol. The van der Waals surface area contributed by atoms with Crippen molar-refractivity contribution < 1.29 is 9.47 Å². The smallest absolute Gasteiger partial charge is 0.173 e. The maximum atomic E-state index is 5.99. The minimum absolute atomic E-state index is 0.0525. The van der Waals surface area contributed by atoms with Gasteiger partial charge in [-0.25, -0.2) is 0 Å². The van der Waals surface area contributed by atoms with Crippen LogP contribution in [-0.2, 0) is 0 Å². The van der Waals surface area contributed by atoms with E-state index in [4.69, 9.17) is 21.7 Å². The average molecular weight is 342 g/mol. The van der Waals surface area contributed by atoms with Gasteiger partial charge in [-0.05, 0) is 55.4 Å². The number of rotatable bonds is 3. The van der Waals surface area contributed by atoms with Crippen molar-refractivity contribution in [3.8, 4) is 11.5 Å². The Morgan fingerprint density at radius 3 is 2.71 bits per heavy atom.